The molecular weight excluding hydrogens is 272 g/mol. The monoisotopic (exact) mass is 290 g/mol. The largest absolute Gasteiger partial charge is 0.466 e. The molecule has 7 heteroatoms. The summed E-state index contributed by atoms with van der Waals surface area (Å²) in [6.07, 6.45) is -0.291. The van der Waals surface area contributed by atoms with Crippen LogP contribution in [0.3, 0.4) is 0 Å². The predicted molar refractivity (Wildman–Crippen MR) is 73.9 cm³/mol. The molecular formula is C14H18N4O3. The topological polar surface area (TPSA) is 84.2 Å². The number of rotatable bonds is 2. The molecule has 7 nitrogen and oxygen atoms in total. The molecule has 1 amide bonds. The summed E-state index contributed by atoms with van der Waals surface area (Å²) in [5, 5.41) is 6.90. The molecule has 3 heterocycles. The van der Waals surface area contributed by atoms with E-state index in [0.29, 0.717) is 36.8 Å². The summed E-state index contributed by atoms with van der Waals surface area (Å²) in [5.41, 5.74) is 0.610. The van der Waals surface area contributed by atoms with Gasteiger partial charge in [-0.1, -0.05) is 0 Å². The third-order valence-corrected chi connectivity index (χ3v) is 3.53. The molecule has 2 aromatic rings. The SMILES string of the molecule is Cc1nc(C2CN(C(=O)c3cc(C)oc3C)CCO2)n[nH]1. The summed E-state index contributed by atoms with van der Waals surface area (Å²) in [5.74, 6) is 2.67. The van der Waals surface area contributed by atoms with Crippen LogP contribution in [0.25, 0.3) is 0 Å². The van der Waals surface area contributed by atoms with Crippen LogP contribution in [0.2, 0.25) is 0 Å². The van der Waals surface area contributed by atoms with Crippen molar-refractivity contribution in [2.75, 3.05) is 19.7 Å². The Morgan fingerprint density at radius 2 is 2.24 bits per heavy atom. The van der Waals surface area contributed by atoms with E-state index in [0.717, 1.165) is 11.6 Å². The Kier molecular flexibility index (Phi) is 3.50. The lowest BCUT2D eigenvalue weighted by molar-refractivity contribution is -0.0267. The average molecular weight is 290 g/mol. The van der Waals surface area contributed by atoms with Crippen LogP contribution in [0.15, 0.2) is 10.5 Å². The van der Waals surface area contributed by atoms with E-state index in [-0.39, 0.29) is 12.0 Å². The van der Waals surface area contributed by atoms with E-state index in [1.165, 1.54) is 0 Å². The Morgan fingerprint density at radius 3 is 2.86 bits per heavy atom. The van der Waals surface area contributed by atoms with Crippen molar-refractivity contribution in [2.45, 2.75) is 26.9 Å². The second-order valence-electron chi connectivity index (χ2n) is 5.22. The summed E-state index contributed by atoms with van der Waals surface area (Å²) in [4.78, 5) is 18.6. The van der Waals surface area contributed by atoms with Crippen molar-refractivity contribution in [3.05, 3.63) is 34.8 Å². The van der Waals surface area contributed by atoms with Gasteiger partial charge in [0.25, 0.3) is 5.91 Å². The highest BCUT2D eigenvalue weighted by Gasteiger charge is 2.29. The third kappa shape index (κ3) is 2.69. The first-order valence-corrected chi connectivity index (χ1v) is 6.91. The first kappa shape index (κ1) is 13.8. The molecule has 0 spiro atoms. The molecule has 1 aliphatic heterocycles. The van der Waals surface area contributed by atoms with E-state index < -0.39 is 0 Å². The number of H-pyrrole nitrogens is 1. The molecule has 0 saturated carbocycles. The van der Waals surface area contributed by atoms with E-state index in [1.54, 1.807) is 17.9 Å². The number of hydrogen-bond donors (Lipinski definition) is 1. The van der Waals surface area contributed by atoms with E-state index in [2.05, 4.69) is 15.2 Å². The normalized spacial score (nSPS) is 19.0. The van der Waals surface area contributed by atoms with Crippen molar-refractivity contribution in [1.29, 1.82) is 0 Å². The van der Waals surface area contributed by atoms with Crippen molar-refractivity contribution in [2.24, 2.45) is 0 Å². The van der Waals surface area contributed by atoms with Crippen LogP contribution in [0.4, 0.5) is 0 Å². The fraction of sp³-hybridized carbons (Fsp3) is 0.500. The smallest absolute Gasteiger partial charge is 0.257 e. The van der Waals surface area contributed by atoms with Crippen molar-refractivity contribution in [3.8, 4) is 0 Å². The van der Waals surface area contributed by atoms with Crippen LogP contribution in [-0.4, -0.2) is 45.7 Å². The Labute approximate surface area is 122 Å². The van der Waals surface area contributed by atoms with Crippen LogP contribution >= 0.6 is 0 Å². The quantitative estimate of drug-likeness (QED) is 0.906. The van der Waals surface area contributed by atoms with Gasteiger partial charge in [-0.2, -0.15) is 5.10 Å². The summed E-state index contributed by atoms with van der Waals surface area (Å²) < 4.78 is 11.1. The molecule has 3 rings (SSSR count). The molecule has 1 aliphatic rings. The highest BCUT2D eigenvalue weighted by Crippen LogP contribution is 2.22. The average Bonchev–Trinajstić information content (AvgIpc) is 3.04. The van der Waals surface area contributed by atoms with Gasteiger partial charge in [0.2, 0.25) is 0 Å². The molecule has 0 aromatic carbocycles. The highest BCUT2D eigenvalue weighted by molar-refractivity contribution is 5.95. The second-order valence-corrected chi connectivity index (χ2v) is 5.22. The Hall–Kier alpha value is -2.15. The Bertz CT molecular complexity index is 661. The lowest BCUT2D eigenvalue weighted by Crippen LogP contribution is -2.42. The molecule has 112 valence electrons. The van der Waals surface area contributed by atoms with Crippen molar-refractivity contribution in [1.82, 2.24) is 20.1 Å². The zero-order valence-corrected chi connectivity index (χ0v) is 12.3. The Balaban J connectivity index is 1.77. The minimum atomic E-state index is -0.291. The van der Waals surface area contributed by atoms with Gasteiger partial charge in [0.15, 0.2) is 5.82 Å². The van der Waals surface area contributed by atoms with Crippen LogP contribution < -0.4 is 0 Å². The van der Waals surface area contributed by atoms with Gasteiger partial charge in [-0.05, 0) is 26.8 Å². The van der Waals surface area contributed by atoms with Gasteiger partial charge in [0, 0.05) is 6.54 Å². The fourth-order valence-electron chi connectivity index (χ4n) is 2.51. The number of aryl methyl sites for hydroxylation is 3. The summed E-state index contributed by atoms with van der Waals surface area (Å²) in [6.45, 7) is 6.95. The zero-order valence-electron chi connectivity index (χ0n) is 12.3. The van der Waals surface area contributed by atoms with Crippen molar-refractivity contribution >= 4 is 5.91 Å². The van der Waals surface area contributed by atoms with Crippen molar-refractivity contribution in [3.63, 3.8) is 0 Å². The maximum atomic E-state index is 12.6. The number of ether oxygens (including phenoxy) is 1. The molecule has 2 aromatic heterocycles. The standard InChI is InChI=1S/C14H18N4O3/c1-8-6-11(9(2)21-8)14(19)18-4-5-20-12(7-18)13-15-10(3)16-17-13/h6,12H,4-5,7H2,1-3H3,(H,15,16,17). The number of carbonyl (C=O) groups is 1. The summed E-state index contributed by atoms with van der Waals surface area (Å²) >= 11 is 0. The van der Waals surface area contributed by atoms with Gasteiger partial charge in [-0.3, -0.25) is 9.89 Å². The predicted octanol–water partition coefficient (Wildman–Crippen LogP) is 1.54. The molecule has 0 bridgehead atoms. The van der Waals surface area contributed by atoms with Crippen LogP contribution in [0.1, 0.15) is 39.6 Å². The first-order valence-electron chi connectivity index (χ1n) is 6.91. The molecule has 0 radical (unpaired) electrons. The third-order valence-electron chi connectivity index (χ3n) is 3.53. The zero-order chi connectivity index (χ0) is 15.0. The molecule has 1 saturated heterocycles. The number of nitrogens with zero attached hydrogens (tertiary/aromatic N) is 3. The van der Waals surface area contributed by atoms with Crippen LogP contribution in [0, 0.1) is 20.8 Å². The van der Waals surface area contributed by atoms with Crippen molar-refractivity contribution < 1.29 is 13.9 Å². The molecule has 1 atom stereocenters. The number of hydrogen-bond acceptors (Lipinski definition) is 5. The van der Waals surface area contributed by atoms with Crippen LogP contribution in [-0.2, 0) is 4.74 Å². The van der Waals surface area contributed by atoms with Gasteiger partial charge < -0.3 is 14.1 Å². The lowest BCUT2D eigenvalue weighted by atomic mass is 10.2. The molecule has 21 heavy (non-hydrogen) atoms. The van der Waals surface area contributed by atoms with Gasteiger partial charge in [0.05, 0.1) is 18.7 Å². The number of nitrogens with one attached hydrogen (secondary N) is 1. The maximum Gasteiger partial charge on any atom is 0.257 e. The number of aromatic amines is 1. The molecule has 0 aliphatic carbocycles. The minimum absolute atomic E-state index is 0.0371. The number of furan rings is 1. The number of amides is 1. The van der Waals surface area contributed by atoms with Crippen LogP contribution in [0.5, 0.6) is 0 Å². The number of morpholine rings is 1. The molecule has 1 unspecified atom stereocenters. The lowest BCUT2D eigenvalue weighted by Gasteiger charge is -2.31. The van der Waals surface area contributed by atoms with E-state index in [4.69, 9.17) is 9.15 Å². The molecule has 1 N–H and O–H groups in total. The van der Waals surface area contributed by atoms with E-state index in [9.17, 15) is 4.79 Å². The molecule has 1 fully saturated rings. The van der Waals surface area contributed by atoms with Gasteiger partial charge in [0.1, 0.15) is 23.4 Å². The highest BCUT2D eigenvalue weighted by atomic mass is 16.5. The summed E-state index contributed by atoms with van der Waals surface area (Å²) in [6, 6.07) is 1.78. The number of carbonyl (C=O) groups excluding carboxylic acids is 1. The van der Waals surface area contributed by atoms with Gasteiger partial charge >= 0.3 is 0 Å². The fourth-order valence-corrected chi connectivity index (χ4v) is 2.51. The summed E-state index contributed by atoms with van der Waals surface area (Å²) in [7, 11) is 0. The number of aromatic nitrogens is 3. The van der Waals surface area contributed by atoms with E-state index >= 15 is 0 Å². The Morgan fingerprint density at radius 1 is 1.43 bits per heavy atom. The minimum Gasteiger partial charge on any atom is -0.466 e. The van der Waals surface area contributed by atoms with Gasteiger partial charge in [-0.15, -0.1) is 0 Å². The van der Waals surface area contributed by atoms with E-state index in [1.807, 2.05) is 13.8 Å². The second kappa shape index (κ2) is 5.33. The maximum absolute atomic E-state index is 12.6. The first-order chi connectivity index (χ1) is 10.0. The van der Waals surface area contributed by atoms with Gasteiger partial charge in [-0.25, -0.2) is 4.98 Å².